The molecule has 6 heteroatoms. The first-order valence-electron chi connectivity index (χ1n) is 8.98. The number of carbonyl (C=O) groups excluding carboxylic acids is 1. The van der Waals surface area contributed by atoms with Crippen molar-refractivity contribution >= 4 is 24.9 Å². The van der Waals surface area contributed by atoms with Gasteiger partial charge in [-0.05, 0) is 22.3 Å². The van der Waals surface area contributed by atoms with Crippen molar-refractivity contribution in [3.63, 3.8) is 0 Å². The number of hydrogen-bond donors (Lipinski definition) is 3. The number of aldehydes is 1. The van der Waals surface area contributed by atoms with E-state index < -0.39 is 18.1 Å². The third-order valence-electron chi connectivity index (χ3n) is 4.88. The summed E-state index contributed by atoms with van der Waals surface area (Å²) in [6, 6.07) is 15.5. The van der Waals surface area contributed by atoms with Crippen molar-refractivity contribution < 1.29 is 19.4 Å². The maximum atomic E-state index is 11.6. The molecule has 3 rings (SSSR count). The number of fused-ring (bicyclic) bond motifs is 3. The Labute approximate surface area is 164 Å². The van der Waals surface area contributed by atoms with Crippen LogP contribution in [0.25, 0.3) is 11.1 Å². The van der Waals surface area contributed by atoms with Crippen LogP contribution in [0.5, 0.6) is 0 Å². The molecule has 0 saturated heterocycles. The lowest BCUT2D eigenvalue weighted by molar-refractivity contribution is -0.143. The molecule has 0 fully saturated rings. The number of carbonyl (C=O) groups is 2. The molecule has 0 spiro atoms. The number of carboxylic acids is 1. The Morgan fingerprint density at radius 2 is 1.74 bits per heavy atom. The van der Waals surface area contributed by atoms with Gasteiger partial charge in [-0.1, -0.05) is 48.5 Å². The molecule has 0 amide bonds. The van der Waals surface area contributed by atoms with Gasteiger partial charge < -0.3 is 20.0 Å². The van der Waals surface area contributed by atoms with Gasteiger partial charge in [0.1, 0.15) is 12.3 Å². The average molecular weight is 385 g/mol. The SMILES string of the molecule is O=CCCN[C@H](C(=O)O)C(CS)OCC1c2ccccc2-c2ccccc21. The minimum atomic E-state index is -1.01. The summed E-state index contributed by atoms with van der Waals surface area (Å²) in [5.41, 5.74) is 4.78. The van der Waals surface area contributed by atoms with Crippen LogP contribution in [0.2, 0.25) is 0 Å². The fraction of sp³-hybridized carbons (Fsp3) is 0.333. The van der Waals surface area contributed by atoms with Crippen LogP contribution in [0.3, 0.4) is 0 Å². The second-order valence-electron chi connectivity index (χ2n) is 6.51. The van der Waals surface area contributed by atoms with Crippen LogP contribution in [-0.2, 0) is 14.3 Å². The van der Waals surface area contributed by atoms with E-state index in [9.17, 15) is 14.7 Å². The molecule has 0 aliphatic heterocycles. The Kier molecular flexibility index (Phi) is 6.66. The van der Waals surface area contributed by atoms with E-state index >= 15 is 0 Å². The summed E-state index contributed by atoms with van der Waals surface area (Å²) >= 11 is 4.28. The number of benzene rings is 2. The van der Waals surface area contributed by atoms with Gasteiger partial charge in [0.2, 0.25) is 0 Å². The van der Waals surface area contributed by atoms with Gasteiger partial charge >= 0.3 is 5.97 Å². The molecule has 0 saturated carbocycles. The second-order valence-corrected chi connectivity index (χ2v) is 6.87. The third-order valence-corrected chi connectivity index (χ3v) is 5.24. The van der Waals surface area contributed by atoms with Crippen molar-refractivity contribution in [2.24, 2.45) is 0 Å². The minimum absolute atomic E-state index is 0.0594. The summed E-state index contributed by atoms with van der Waals surface area (Å²) in [6.45, 7) is 0.668. The summed E-state index contributed by atoms with van der Waals surface area (Å²) in [5.74, 6) is -0.683. The Bertz CT molecular complexity index is 765. The van der Waals surface area contributed by atoms with E-state index in [0.29, 0.717) is 13.2 Å². The molecule has 0 heterocycles. The van der Waals surface area contributed by atoms with E-state index in [1.54, 1.807) is 0 Å². The summed E-state index contributed by atoms with van der Waals surface area (Å²) in [7, 11) is 0. The van der Waals surface area contributed by atoms with Gasteiger partial charge in [0.05, 0.1) is 12.7 Å². The Balaban J connectivity index is 1.76. The topological polar surface area (TPSA) is 75.6 Å². The monoisotopic (exact) mass is 385 g/mol. The van der Waals surface area contributed by atoms with Crippen molar-refractivity contribution in [1.29, 1.82) is 0 Å². The van der Waals surface area contributed by atoms with Gasteiger partial charge in [0, 0.05) is 24.6 Å². The highest BCUT2D eigenvalue weighted by Crippen LogP contribution is 2.44. The van der Waals surface area contributed by atoms with Gasteiger partial charge in [-0.15, -0.1) is 0 Å². The predicted molar refractivity (Wildman–Crippen MR) is 107 cm³/mol. The molecular weight excluding hydrogens is 362 g/mol. The van der Waals surface area contributed by atoms with Crippen LogP contribution >= 0.6 is 12.6 Å². The quantitative estimate of drug-likeness (QED) is 0.333. The minimum Gasteiger partial charge on any atom is -0.480 e. The van der Waals surface area contributed by atoms with Gasteiger partial charge in [-0.2, -0.15) is 12.6 Å². The Morgan fingerprint density at radius 1 is 1.15 bits per heavy atom. The number of ether oxygens (including phenoxy) is 1. The van der Waals surface area contributed by atoms with Crippen LogP contribution < -0.4 is 5.32 Å². The fourth-order valence-corrected chi connectivity index (χ4v) is 3.91. The highest BCUT2D eigenvalue weighted by molar-refractivity contribution is 7.80. The zero-order chi connectivity index (χ0) is 19.2. The van der Waals surface area contributed by atoms with Gasteiger partial charge in [-0.3, -0.25) is 4.79 Å². The molecule has 2 N–H and O–H groups in total. The van der Waals surface area contributed by atoms with Gasteiger partial charge in [0.15, 0.2) is 0 Å². The van der Waals surface area contributed by atoms with Crippen LogP contribution in [0, 0.1) is 0 Å². The number of aliphatic carboxylic acids is 1. The molecule has 0 bridgehead atoms. The van der Waals surface area contributed by atoms with Crippen molar-refractivity contribution in [2.45, 2.75) is 24.5 Å². The summed E-state index contributed by atoms with van der Waals surface area (Å²) < 4.78 is 6.04. The van der Waals surface area contributed by atoms with Crippen LogP contribution in [-0.4, -0.2) is 48.4 Å². The van der Waals surface area contributed by atoms with Crippen molar-refractivity contribution in [3.05, 3.63) is 59.7 Å². The molecule has 0 radical (unpaired) electrons. The molecule has 2 aromatic rings. The third kappa shape index (κ3) is 4.24. The molecule has 1 aliphatic rings. The number of nitrogens with one attached hydrogen (secondary N) is 1. The molecule has 1 unspecified atom stereocenters. The Morgan fingerprint density at radius 3 is 2.26 bits per heavy atom. The molecule has 2 aromatic carbocycles. The molecule has 2 atom stereocenters. The normalized spacial score (nSPS) is 15.0. The van der Waals surface area contributed by atoms with E-state index in [1.807, 2.05) is 24.3 Å². The Hall–Kier alpha value is -2.15. The second kappa shape index (κ2) is 9.17. The van der Waals surface area contributed by atoms with E-state index in [1.165, 1.54) is 22.3 Å². The lowest BCUT2D eigenvalue weighted by Crippen LogP contribution is -2.49. The van der Waals surface area contributed by atoms with Crippen molar-refractivity contribution in [1.82, 2.24) is 5.32 Å². The molecule has 0 aromatic heterocycles. The first kappa shape index (κ1) is 19.6. The highest BCUT2D eigenvalue weighted by Gasteiger charge is 2.32. The van der Waals surface area contributed by atoms with Gasteiger partial charge in [0.25, 0.3) is 0 Å². The predicted octanol–water partition coefficient (Wildman–Crippen LogP) is 2.75. The molecule has 142 valence electrons. The zero-order valence-corrected chi connectivity index (χ0v) is 15.8. The number of thiol groups is 1. The van der Waals surface area contributed by atoms with Crippen LogP contribution in [0.4, 0.5) is 0 Å². The number of carboxylic acid groups (broad SMARTS) is 1. The molecule has 5 nitrogen and oxygen atoms in total. The summed E-state index contributed by atoms with van der Waals surface area (Å²) in [4.78, 5) is 22.1. The average Bonchev–Trinajstić information content (AvgIpc) is 3.01. The van der Waals surface area contributed by atoms with E-state index in [0.717, 1.165) is 6.29 Å². The molecular formula is C21H23NO4S. The molecule has 27 heavy (non-hydrogen) atoms. The maximum absolute atomic E-state index is 11.6. The molecule has 1 aliphatic carbocycles. The van der Waals surface area contributed by atoms with Crippen LogP contribution in [0.15, 0.2) is 48.5 Å². The van der Waals surface area contributed by atoms with Gasteiger partial charge in [-0.25, -0.2) is 0 Å². The number of rotatable bonds is 10. The van der Waals surface area contributed by atoms with E-state index in [4.69, 9.17) is 4.74 Å². The fourth-order valence-electron chi connectivity index (χ4n) is 3.59. The standard InChI is InChI=1S/C21H23NO4S/c23-11-5-10-22-20(21(24)25)19(13-27)26-12-18-16-8-3-1-6-14(16)15-7-2-4-9-17(15)18/h1-4,6-9,11,18-20,22,27H,5,10,12-13H2,(H,24,25)/t19?,20-/m0/s1. The zero-order valence-electron chi connectivity index (χ0n) is 14.9. The summed E-state index contributed by atoms with van der Waals surface area (Å²) in [6.07, 6.45) is 0.416. The smallest absolute Gasteiger partial charge is 0.323 e. The lowest BCUT2D eigenvalue weighted by atomic mass is 9.98. The first-order chi connectivity index (χ1) is 13.2. The lowest BCUT2D eigenvalue weighted by Gasteiger charge is -2.25. The highest BCUT2D eigenvalue weighted by atomic mass is 32.1. The largest absolute Gasteiger partial charge is 0.480 e. The van der Waals surface area contributed by atoms with Crippen molar-refractivity contribution in [3.8, 4) is 11.1 Å². The number of hydrogen-bond acceptors (Lipinski definition) is 5. The van der Waals surface area contributed by atoms with Crippen molar-refractivity contribution in [2.75, 3.05) is 18.9 Å². The maximum Gasteiger partial charge on any atom is 0.323 e. The van der Waals surface area contributed by atoms with Crippen LogP contribution in [0.1, 0.15) is 23.5 Å². The summed E-state index contributed by atoms with van der Waals surface area (Å²) in [5, 5.41) is 12.4. The van der Waals surface area contributed by atoms with E-state index in [2.05, 4.69) is 42.2 Å². The first-order valence-corrected chi connectivity index (χ1v) is 9.61. The van der Waals surface area contributed by atoms with E-state index in [-0.39, 0.29) is 18.1 Å².